The van der Waals surface area contributed by atoms with Gasteiger partial charge in [-0.1, -0.05) is 25.1 Å². The van der Waals surface area contributed by atoms with Gasteiger partial charge in [0.05, 0.1) is 12.7 Å². The number of para-hydroxylation sites is 1. The fraction of sp³-hybridized carbons (Fsp3) is 0.500. The van der Waals surface area contributed by atoms with Crippen molar-refractivity contribution in [2.75, 3.05) is 13.2 Å². The van der Waals surface area contributed by atoms with Gasteiger partial charge in [0.1, 0.15) is 0 Å². The Kier molecular flexibility index (Phi) is 3.58. The minimum Gasteiger partial charge on any atom is -0.396 e. The Morgan fingerprint density at radius 3 is 3.11 bits per heavy atom. The molecule has 2 heterocycles. The molecule has 1 unspecified atom stereocenters. The molecule has 0 amide bonds. The van der Waals surface area contributed by atoms with Crippen molar-refractivity contribution in [3.63, 3.8) is 0 Å². The van der Waals surface area contributed by atoms with Gasteiger partial charge < -0.3 is 14.8 Å². The first kappa shape index (κ1) is 12.7. The second-order valence-electron chi connectivity index (χ2n) is 5.19. The van der Waals surface area contributed by atoms with Gasteiger partial charge in [0.15, 0.2) is 0 Å². The zero-order valence-corrected chi connectivity index (χ0v) is 11.4. The fourth-order valence-electron chi connectivity index (χ4n) is 3.08. The summed E-state index contributed by atoms with van der Waals surface area (Å²) < 4.78 is 5.87. The van der Waals surface area contributed by atoms with Gasteiger partial charge in [0, 0.05) is 23.2 Å². The number of hydrogen-bond donors (Lipinski definition) is 2. The predicted molar refractivity (Wildman–Crippen MR) is 76.4 cm³/mol. The van der Waals surface area contributed by atoms with E-state index < -0.39 is 0 Å². The normalized spacial score (nSPS) is 18.7. The maximum atomic E-state index is 9.00. The van der Waals surface area contributed by atoms with E-state index in [1.807, 2.05) is 0 Å². The maximum Gasteiger partial charge on any atom is 0.0976 e. The summed E-state index contributed by atoms with van der Waals surface area (Å²) in [6.07, 6.45) is 3.82. The summed E-state index contributed by atoms with van der Waals surface area (Å²) in [4.78, 5) is 3.59. The van der Waals surface area contributed by atoms with Crippen LogP contribution in [0.15, 0.2) is 18.2 Å². The zero-order chi connectivity index (χ0) is 13.2. The second kappa shape index (κ2) is 5.35. The van der Waals surface area contributed by atoms with E-state index in [4.69, 9.17) is 9.84 Å². The number of aliphatic hydroxyl groups is 1. The van der Waals surface area contributed by atoms with Crippen molar-refractivity contribution < 1.29 is 9.84 Å². The Morgan fingerprint density at radius 2 is 2.32 bits per heavy atom. The molecule has 1 aromatic heterocycles. The minimum atomic E-state index is 0.119. The molecule has 0 fully saturated rings. The van der Waals surface area contributed by atoms with Crippen molar-refractivity contribution in [3.05, 3.63) is 35.0 Å². The molecule has 0 saturated heterocycles. The molecule has 1 aliphatic rings. The molecular formula is C16H21NO2. The van der Waals surface area contributed by atoms with Crippen molar-refractivity contribution in [1.29, 1.82) is 0 Å². The van der Waals surface area contributed by atoms with Crippen LogP contribution in [-0.4, -0.2) is 23.3 Å². The third kappa shape index (κ3) is 2.17. The summed E-state index contributed by atoms with van der Waals surface area (Å²) in [6.45, 7) is 3.20. The van der Waals surface area contributed by atoms with E-state index in [0.29, 0.717) is 0 Å². The largest absolute Gasteiger partial charge is 0.396 e. The lowest BCUT2D eigenvalue weighted by molar-refractivity contribution is 0.0299. The third-order valence-corrected chi connectivity index (χ3v) is 4.06. The summed E-state index contributed by atoms with van der Waals surface area (Å²) in [7, 11) is 0. The molecular weight excluding hydrogens is 238 g/mol. The van der Waals surface area contributed by atoms with Crippen LogP contribution in [0.25, 0.3) is 10.9 Å². The van der Waals surface area contributed by atoms with Gasteiger partial charge in [-0.25, -0.2) is 0 Å². The van der Waals surface area contributed by atoms with Gasteiger partial charge >= 0.3 is 0 Å². The standard InChI is InChI=1S/C16H21NO2/c1-2-11-5-3-6-12-13-8-10-19-14(7-4-9-18)16(13)17-15(11)12/h3,5-6,14,17-18H,2,4,7-10H2,1H3. The highest BCUT2D eigenvalue weighted by Gasteiger charge is 2.24. The molecule has 2 aromatic rings. The van der Waals surface area contributed by atoms with E-state index in [0.717, 1.165) is 32.3 Å². The molecule has 0 bridgehead atoms. The van der Waals surface area contributed by atoms with Crippen molar-refractivity contribution in [1.82, 2.24) is 4.98 Å². The smallest absolute Gasteiger partial charge is 0.0976 e. The van der Waals surface area contributed by atoms with Crippen LogP contribution in [0.3, 0.4) is 0 Å². The summed E-state index contributed by atoms with van der Waals surface area (Å²) in [5, 5.41) is 10.4. The van der Waals surface area contributed by atoms with E-state index in [-0.39, 0.29) is 12.7 Å². The van der Waals surface area contributed by atoms with Gasteiger partial charge in [0.25, 0.3) is 0 Å². The van der Waals surface area contributed by atoms with Crippen molar-refractivity contribution in [3.8, 4) is 0 Å². The molecule has 0 aliphatic carbocycles. The number of aromatic nitrogens is 1. The Hall–Kier alpha value is -1.32. The molecule has 3 rings (SSSR count). The molecule has 0 saturated carbocycles. The lowest BCUT2D eigenvalue weighted by Gasteiger charge is -2.23. The SMILES string of the molecule is CCc1cccc2c3c([nH]c12)C(CCCO)OCC3. The Labute approximate surface area is 113 Å². The van der Waals surface area contributed by atoms with E-state index in [1.54, 1.807) is 0 Å². The topological polar surface area (TPSA) is 45.2 Å². The lowest BCUT2D eigenvalue weighted by atomic mass is 9.99. The van der Waals surface area contributed by atoms with E-state index in [1.165, 1.54) is 27.7 Å². The van der Waals surface area contributed by atoms with Gasteiger partial charge in [-0.05, 0) is 36.8 Å². The third-order valence-electron chi connectivity index (χ3n) is 4.06. The number of rotatable bonds is 4. The first-order valence-corrected chi connectivity index (χ1v) is 7.20. The van der Waals surface area contributed by atoms with E-state index in [9.17, 15) is 0 Å². The Balaban J connectivity index is 2.07. The monoisotopic (exact) mass is 259 g/mol. The van der Waals surface area contributed by atoms with Gasteiger partial charge in [0.2, 0.25) is 0 Å². The second-order valence-corrected chi connectivity index (χ2v) is 5.19. The number of fused-ring (bicyclic) bond motifs is 3. The molecule has 0 radical (unpaired) electrons. The average molecular weight is 259 g/mol. The van der Waals surface area contributed by atoms with Crippen LogP contribution in [0.2, 0.25) is 0 Å². The lowest BCUT2D eigenvalue weighted by Crippen LogP contribution is -2.16. The quantitative estimate of drug-likeness (QED) is 0.886. The zero-order valence-electron chi connectivity index (χ0n) is 11.4. The number of aromatic amines is 1. The number of aryl methyl sites for hydroxylation is 1. The van der Waals surface area contributed by atoms with E-state index >= 15 is 0 Å². The Bertz CT molecular complexity index is 573. The number of nitrogens with one attached hydrogen (secondary N) is 1. The van der Waals surface area contributed by atoms with Crippen LogP contribution < -0.4 is 0 Å². The number of H-pyrrole nitrogens is 1. The highest BCUT2D eigenvalue weighted by atomic mass is 16.5. The molecule has 0 spiro atoms. The Morgan fingerprint density at radius 1 is 1.42 bits per heavy atom. The van der Waals surface area contributed by atoms with Crippen LogP contribution in [0.4, 0.5) is 0 Å². The van der Waals surface area contributed by atoms with E-state index in [2.05, 4.69) is 30.1 Å². The summed E-state index contributed by atoms with van der Waals surface area (Å²) in [6, 6.07) is 6.54. The number of hydrogen-bond acceptors (Lipinski definition) is 2. The molecule has 1 aromatic carbocycles. The fourth-order valence-corrected chi connectivity index (χ4v) is 3.08. The predicted octanol–water partition coefficient (Wildman–Crippen LogP) is 3.12. The average Bonchev–Trinajstić information content (AvgIpc) is 2.84. The highest BCUT2D eigenvalue weighted by molar-refractivity contribution is 5.87. The molecule has 1 aliphatic heterocycles. The first-order valence-electron chi connectivity index (χ1n) is 7.20. The van der Waals surface area contributed by atoms with Crippen LogP contribution in [-0.2, 0) is 17.6 Å². The van der Waals surface area contributed by atoms with Gasteiger partial charge in [-0.15, -0.1) is 0 Å². The number of benzene rings is 1. The minimum absolute atomic E-state index is 0.119. The maximum absolute atomic E-state index is 9.00. The van der Waals surface area contributed by atoms with Crippen LogP contribution in [0.5, 0.6) is 0 Å². The molecule has 1 atom stereocenters. The van der Waals surface area contributed by atoms with Crippen LogP contribution >= 0.6 is 0 Å². The number of aliphatic hydroxyl groups excluding tert-OH is 1. The summed E-state index contributed by atoms with van der Waals surface area (Å²) in [5.41, 5.74) is 5.29. The molecule has 19 heavy (non-hydrogen) atoms. The number of ether oxygens (including phenoxy) is 1. The molecule has 102 valence electrons. The van der Waals surface area contributed by atoms with Crippen molar-refractivity contribution in [2.24, 2.45) is 0 Å². The van der Waals surface area contributed by atoms with Gasteiger partial charge in [-0.3, -0.25) is 0 Å². The van der Waals surface area contributed by atoms with Gasteiger partial charge in [-0.2, -0.15) is 0 Å². The summed E-state index contributed by atoms with van der Waals surface area (Å²) >= 11 is 0. The first-order chi connectivity index (χ1) is 9.35. The highest BCUT2D eigenvalue weighted by Crippen LogP contribution is 2.36. The van der Waals surface area contributed by atoms with Crippen LogP contribution in [0.1, 0.15) is 42.7 Å². The van der Waals surface area contributed by atoms with Crippen molar-refractivity contribution >= 4 is 10.9 Å². The van der Waals surface area contributed by atoms with Crippen molar-refractivity contribution in [2.45, 2.75) is 38.7 Å². The summed E-state index contributed by atoms with van der Waals surface area (Å²) in [5.74, 6) is 0. The molecule has 3 nitrogen and oxygen atoms in total. The van der Waals surface area contributed by atoms with Crippen LogP contribution in [0, 0.1) is 0 Å². The molecule has 2 N–H and O–H groups in total. The molecule has 3 heteroatoms.